The molecule has 7 nitrogen and oxygen atoms in total. The number of likely N-dealkylation sites (tertiary alicyclic amines) is 1. The van der Waals surface area contributed by atoms with E-state index in [0.717, 1.165) is 11.1 Å². The summed E-state index contributed by atoms with van der Waals surface area (Å²) in [5, 5.41) is 4.05. The van der Waals surface area contributed by atoms with E-state index < -0.39 is 0 Å². The number of rotatable bonds is 6. The molecule has 3 aromatic rings. The van der Waals surface area contributed by atoms with Crippen LogP contribution < -0.4 is 9.47 Å². The molecule has 2 aromatic carbocycles. The second-order valence-corrected chi connectivity index (χ2v) is 6.83. The smallest absolute Gasteiger partial charge is 0.232 e. The normalized spacial score (nSPS) is 16.3. The molecule has 0 bridgehead atoms. The molecule has 1 aromatic heterocycles. The number of nitrogens with zero attached hydrogens (tertiary/aromatic N) is 3. The first-order chi connectivity index (χ1) is 14.1. The van der Waals surface area contributed by atoms with Gasteiger partial charge >= 0.3 is 0 Å². The number of carbonyl (C=O) groups is 1. The Hall–Kier alpha value is -3.42. The summed E-state index contributed by atoms with van der Waals surface area (Å²) in [5.41, 5.74) is 1.60. The molecule has 1 aliphatic heterocycles. The molecule has 0 spiro atoms. The Bertz CT molecular complexity index is 1020. The zero-order valence-corrected chi connectivity index (χ0v) is 16.1. The minimum Gasteiger partial charge on any atom is -0.493 e. The van der Waals surface area contributed by atoms with Crippen LogP contribution in [0.25, 0.3) is 11.4 Å². The summed E-state index contributed by atoms with van der Waals surface area (Å²) in [7, 11) is 3.13. The highest BCUT2D eigenvalue weighted by atomic mass is 19.1. The van der Waals surface area contributed by atoms with Crippen molar-refractivity contribution in [1.82, 2.24) is 15.0 Å². The highest BCUT2D eigenvalue weighted by molar-refractivity contribution is 5.79. The van der Waals surface area contributed by atoms with Crippen LogP contribution in [0.1, 0.15) is 23.8 Å². The lowest BCUT2D eigenvalue weighted by Gasteiger charge is -2.15. The Balaban J connectivity index is 1.48. The number of amides is 1. The molecule has 1 fully saturated rings. The van der Waals surface area contributed by atoms with E-state index in [1.165, 1.54) is 12.1 Å². The molecule has 1 amide bonds. The molecule has 1 atom stereocenters. The lowest BCUT2D eigenvalue weighted by atomic mass is 10.1. The van der Waals surface area contributed by atoms with E-state index in [9.17, 15) is 9.18 Å². The van der Waals surface area contributed by atoms with E-state index in [0.29, 0.717) is 42.7 Å². The van der Waals surface area contributed by atoms with Crippen LogP contribution in [0.2, 0.25) is 0 Å². The van der Waals surface area contributed by atoms with E-state index in [-0.39, 0.29) is 17.6 Å². The van der Waals surface area contributed by atoms with Crippen LogP contribution >= 0.6 is 0 Å². The molecular formula is C21H20FN3O4. The summed E-state index contributed by atoms with van der Waals surface area (Å²) >= 11 is 0. The molecule has 150 valence electrons. The summed E-state index contributed by atoms with van der Waals surface area (Å²) in [4.78, 5) is 18.6. The predicted octanol–water partition coefficient (Wildman–Crippen LogP) is 3.41. The van der Waals surface area contributed by atoms with Crippen molar-refractivity contribution in [3.05, 3.63) is 59.7 Å². The number of methoxy groups -OCH3 is 2. The van der Waals surface area contributed by atoms with Crippen molar-refractivity contribution in [3.8, 4) is 22.9 Å². The van der Waals surface area contributed by atoms with Gasteiger partial charge in [-0.1, -0.05) is 17.3 Å². The Kier molecular flexibility index (Phi) is 5.16. The van der Waals surface area contributed by atoms with Crippen LogP contribution in [0.3, 0.4) is 0 Å². The number of hydrogen-bond acceptors (Lipinski definition) is 6. The summed E-state index contributed by atoms with van der Waals surface area (Å²) in [6.45, 7) is 0.899. The SMILES string of the molecule is COc1ccc(-c2noc(C3CC(=O)N(Cc4ccc(F)cc4)C3)n2)cc1OC. The van der Waals surface area contributed by atoms with Gasteiger partial charge in [0.2, 0.25) is 17.6 Å². The molecule has 0 N–H and O–H groups in total. The van der Waals surface area contributed by atoms with E-state index >= 15 is 0 Å². The third-order valence-corrected chi connectivity index (χ3v) is 4.93. The molecule has 1 unspecified atom stereocenters. The predicted molar refractivity (Wildman–Crippen MR) is 102 cm³/mol. The quantitative estimate of drug-likeness (QED) is 0.634. The van der Waals surface area contributed by atoms with Crippen LogP contribution in [-0.2, 0) is 11.3 Å². The van der Waals surface area contributed by atoms with Gasteiger partial charge in [-0.2, -0.15) is 4.98 Å². The van der Waals surface area contributed by atoms with Crippen molar-refractivity contribution in [2.24, 2.45) is 0 Å². The van der Waals surface area contributed by atoms with Crippen LogP contribution in [0.15, 0.2) is 47.0 Å². The van der Waals surface area contributed by atoms with Crippen LogP contribution in [0.4, 0.5) is 4.39 Å². The summed E-state index contributed by atoms with van der Waals surface area (Å²) in [6.07, 6.45) is 0.300. The molecule has 8 heteroatoms. The van der Waals surface area contributed by atoms with Crippen molar-refractivity contribution in [3.63, 3.8) is 0 Å². The van der Waals surface area contributed by atoms with Gasteiger partial charge in [0.15, 0.2) is 11.5 Å². The number of benzene rings is 2. The van der Waals surface area contributed by atoms with Gasteiger partial charge in [0.05, 0.1) is 20.1 Å². The lowest BCUT2D eigenvalue weighted by molar-refractivity contribution is -0.128. The van der Waals surface area contributed by atoms with Crippen molar-refractivity contribution >= 4 is 5.91 Å². The minimum atomic E-state index is -0.298. The zero-order valence-electron chi connectivity index (χ0n) is 16.1. The van der Waals surface area contributed by atoms with Gasteiger partial charge in [-0.25, -0.2) is 4.39 Å². The summed E-state index contributed by atoms with van der Waals surface area (Å²) in [5.74, 6) is 1.55. The molecule has 0 aliphatic carbocycles. The number of ether oxygens (including phenoxy) is 2. The topological polar surface area (TPSA) is 77.7 Å². The van der Waals surface area contributed by atoms with Crippen molar-refractivity contribution < 1.29 is 23.2 Å². The largest absolute Gasteiger partial charge is 0.493 e. The molecule has 1 saturated heterocycles. The van der Waals surface area contributed by atoms with E-state index in [2.05, 4.69) is 10.1 Å². The number of aromatic nitrogens is 2. The molecule has 0 saturated carbocycles. The average molecular weight is 397 g/mol. The Labute approximate surface area is 167 Å². The van der Waals surface area contributed by atoms with E-state index in [1.807, 2.05) is 6.07 Å². The molecule has 29 heavy (non-hydrogen) atoms. The first-order valence-corrected chi connectivity index (χ1v) is 9.15. The Morgan fingerprint density at radius 3 is 2.62 bits per heavy atom. The number of carbonyl (C=O) groups excluding carboxylic acids is 1. The minimum absolute atomic E-state index is 0.00481. The fourth-order valence-corrected chi connectivity index (χ4v) is 3.39. The zero-order chi connectivity index (χ0) is 20.4. The number of hydrogen-bond donors (Lipinski definition) is 0. The van der Waals surface area contributed by atoms with E-state index in [4.69, 9.17) is 14.0 Å². The monoisotopic (exact) mass is 397 g/mol. The third-order valence-electron chi connectivity index (χ3n) is 4.93. The molecule has 1 aliphatic rings. The van der Waals surface area contributed by atoms with Gasteiger partial charge in [-0.3, -0.25) is 4.79 Å². The van der Waals surface area contributed by atoms with Crippen LogP contribution in [0.5, 0.6) is 11.5 Å². The number of halogens is 1. The van der Waals surface area contributed by atoms with Crippen LogP contribution in [0, 0.1) is 5.82 Å². The Morgan fingerprint density at radius 2 is 1.90 bits per heavy atom. The average Bonchev–Trinajstić information content (AvgIpc) is 3.36. The van der Waals surface area contributed by atoms with Gasteiger partial charge in [-0.15, -0.1) is 0 Å². The highest BCUT2D eigenvalue weighted by Crippen LogP contribution is 2.33. The molecule has 0 radical (unpaired) electrons. The highest BCUT2D eigenvalue weighted by Gasteiger charge is 2.34. The maximum absolute atomic E-state index is 13.1. The first kappa shape index (κ1) is 18.9. The molecular weight excluding hydrogens is 377 g/mol. The van der Waals surface area contributed by atoms with Crippen molar-refractivity contribution in [2.75, 3.05) is 20.8 Å². The second-order valence-electron chi connectivity index (χ2n) is 6.83. The molecule has 4 rings (SSSR count). The Morgan fingerprint density at radius 1 is 1.14 bits per heavy atom. The fourth-order valence-electron chi connectivity index (χ4n) is 3.39. The van der Waals surface area contributed by atoms with Gasteiger partial charge in [0.1, 0.15) is 5.82 Å². The lowest BCUT2D eigenvalue weighted by Crippen LogP contribution is -2.24. The summed E-state index contributed by atoms with van der Waals surface area (Å²) < 4.78 is 29.1. The maximum Gasteiger partial charge on any atom is 0.232 e. The van der Waals surface area contributed by atoms with Crippen LogP contribution in [-0.4, -0.2) is 41.7 Å². The van der Waals surface area contributed by atoms with Gasteiger partial charge in [-0.05, 0) is 35.9 Å². The maximum atomic E-state index is 13.1. The van der Waals surface area contributed by atoms with E-state index in [1.54, 1.807) is 43.4 Å². The fraction of sp³-hybridized carbons (Fsp3) is 0.286. The third kappa shape index (κ3) is 3.91. The first-order valence-electron chi connectivity index (χ1n) is 9.15. The van der Waals surface area contributed by atoms with Gasteiger partial charge < -0.3 is 18.9 Å². The summed E-state index contributed by atoms with van der Waals surface area (Å²) in [6, 6.07) is 11.5. The van der Waals surface area contributed by atoms with Crippen molar-refractivity contribution in [2.45, 2.75) is 18.9 Å². The molecule has 2 heterocycles. The van der Waals surface area contributed by atoms with Crippen molar-refractivity contribution in [1.29, 1.82) is 0 Å². The second kappa shape index (κ2) is 7.90. The van der Waals surface area contributed by atoms with Gasteiger partial charge in [0.25, 0.3) is 0 Å². The standard InChI is InChI=1S/C21H20FN3O4/c1-27-17-8-5-14(9-18(17)28-2)20-23-21(29-24-20)15-10-19(26)25(12-15)11-13-3-6-16(22)7-4-13/h3-9,15H,10-12H2,1-2H3. The van der Waals surface area contributed by atoms with Gasteiger partial charge in [0, 0.05) is 25.1 Å².